The first-order valence-corrected chi connectivity index (χ1v) is 12.9. The lowest BCUT2D eigenvalue weighted by Crippen LogP contribution is -2.06. The van der Waals surface area contributed by atoms with Crippen molar-refractivity contribution in [2.45, 2.75) is 38.5 Å². The Balaban J connectivity index is 1.70. The summed E-state index contributed by atoms with van der Waals surface area (Å²) >= 11 is 0. The number of imidazole rings is 1. The van der Waals surface area contributed by atoms with Gasteiger partial charge >= 0.3 is 12.0 Å². The van der Waals surface area contributed by atoms with Gasteiger partial charge in [0.05, 0.1) is 32.2 Å². The van der Waals surface area contributed by atoms with Crippen LogP contribution in [0.15, 0.2) is 78.9 Å². The molecule has 3 aromatic carbocycles. The molecule has 0 spiro atoms. The van der Waals surface area contributed by atoms with Crippen molar-refractivity contribution in [2.24, 2.45) is 0 Å². The summed E-state index contributed by atoms with van der Waals surface area (Å²) in [6.45, 7) is 0.506. The topological polar surface area (TPSA) is 82.8 Å². The first-order valence-electron chi connectivity index (χ1n) is 12.9. The molecule has 0 aliphatic heterocycles. The fraction of sp³-hybridized carbons (Fsp3) is 0.290. The third-order valence-electron chi connectivity index (χ3n) is 6.33. The SMILES string of the molecule is COc1ccc(-n2c(OCCCCCCCC(=O)O)nc(-c3ccccc3)c2-c2ccccc2)cc1OC. The number of carboxylic acid groups (broad SMARTS) is 1. The van der Waals surface area contributed by atoms with Crippen LogP contribution >= 0.6 is 0 Å². The maximum absolute atomic E-state index is 10.7. The van der Waals surface area contributed by atoms with Gasteiger partial charge in [-0.25, -0.2) is 0 Å². The van der Waals surface area contributed by atoms with Gasteiger partial charge in [0, 0.05) is 23.6 Å². The molecule has 0 unspecified atom stereocenters. The molecular weight excluding hydrogens is 480 g/mol. The number of methoxy groups -OCH3 is 2. The Morgan fingerprint density at radius 2 is 1.42 bits per heavy atom. The second-order valence-electron chi connectivity index (χ2n) is 8.96. The quantitative estimate of drug-likeness (QED) is 0.182. The van der Waals surface area contributed by atoms with E-state index in [0.29, 0.717) is 30.5 Å². The Hall–Kier alpha value is -4.26. The fourth-order valence-corrected chi connectivity index (χ4v) is 4.43. The van der Waals surface area contributed by atoms with Crippen LogP contribution in [0.5, 0.6) is 17.5 Å². The number of aliphatic carboxylic acids is 1. The molecule has 38 heavy (non-hydrogen) atoms. The molecule has 0 radical (unpaired) electrons. The minimum absolute atomic E-state index is 0.226. The van der Waals surface area contributed by atoms with Gasteiger partial charge in [0.1, 0.15) is 5.69 Å². The fourth-order valence-electron chi connectivity index (χ4n) is 4.43. The van der Waals surface area contributed by atoms with Crippen LogP contribution in [0.2, 0.25) is 0 Å². The molecule has 0 atom stereocenters. The van der Waals surface area contributed by atoms with E-state index in [2.05, 4.69) is 24.3 Å². The number of benzene rings is 3. The molecule has 0 bridgehead atoms. The van der Waals surface area contributed by atoms with Crippen molar-refractivity contribution in [3.05, 3.63) is 78.9 Å². The molecule has 0 aliphatic carbocycles. The molecule has 7 heteroatoms. The van der Waals surface area contributed by atoms with Crippen molar-refractivity contribution in [3.63, 3.8) is 0 Å². The highest BCUT2D eigenvalue weighted by Gasteiger charge is 2.23. The lowest BCUT2D eigenvalue weighted by Gasteiger charge is -2.15. The molecule has 0 aliphatic rings. The van der Waals surface area contributed by atoms with Crippen molar-refractivity contribution in [3.8, 4) is 45.7 Å². The maximum atomic E-state index is 10.7. The maximum Gasteiger partial charge on any atom is 0.303 e. The summed E-state index contributed by atoms with van der Waals surface area (Å²) in [6, 6.07) is 26.5. The number of unbranched alkanes of at least 4 members (excludes halogenated alkanes) is 4. The van der Waals surface area contributed by atoms with Gasteiger partial charge in [0.25, 0.3) is 0 Å². The van der Waals surface area contributed by atoms with Crippen LogP contribution in [-0.2, 0) is 4.79 Å². The van der Waals surface area contributed by atoms with Gasteiger partial charge in [-0.15, -0.1) is 0 Å². The summed E-state index contributed by atoms with van der Waals surface area (Å²) in [7, 11) is 3.24. The number of hydrogen-bond donors (Lipinski definition) is 1. The van der Waals surface area contributed by atoms with Crippen molar-refractivity contribution in [2.75, 3.05) is 20.8 Å². The zero-order valence-corrected chi connectivity index (χ0v) is 21.9. The number of hydrogen-bond acceptors (Lipinski definition) is 5. The van der Waals surface area contributed by atoms with Gasteiger partial charge in [-0.3, -0.25) is 9.36 Å². The Labute approximate surface area is 223 Å². The smallest absolute Gasteiger partial charge is 0.303 e. The first kappa shape index (κ1) is 26.8. The predicted octanol–water partition coefficient (Wildman–Crippen LogP) is 7.03. The first-order chi connectivity index (χ1) is 18.6. The molecule has 0 amide bonds. The molecule has 0 saturated carbocycles. The van der Waals surface area contributed by atoms with Crippen molar-refractivity contribution >= 4 is 5.97 Å². The van der Waals surface area contributed by atoms with Gasteiger partial charge in [-0.05, 0) is 25.0 Å². The van der Waals surface area contributed by atoms with Crippen LogP contribution < -0.4 is 14.2 Å². The van der Waals surface area contributed by atoms with Gasteiger partial charge in [0.2, 0.25) is 0 Å². The van der Waals surface area contributed by atoms with Crippen LogP contribution in [-0.4, -0.2) is 41.5 Å². The molecule has 1 aromatic heterocycles. The average molecular weight is 515 g/mol. The Kier molecular flexibility index (Phi) is 9.40. The lowest BCUT2D eigenvalue weighted by molar-refractivity contribution is -0.137. The summed E-state index contributed by atoms with van der Waals surface area (Å²) < 4.78 is 19.4. The number of aromatic nitrogens is 2. The Morgan fingerprint density at radius 3 is 2.08 bits per heavy atom. The summed E-state index contributed by atoms with van der Waals surface area (Å²) in [5.41, 5.74) is 4.61. The Morgan fingerprint density at radius 1 is 0.789 bits per heavy atom. The zero-order chi connectivity index (χ0) is 26.7. The highest BCUT2D eigenvalue weighted by Crippen LogP contribution is 2.39. The number of carboxylic acids is 1. The number of rotatable bonds is 14. The van der Waals surface area contributed by atoms with E-state index in [-0.39, 0.29) is 6.42 Å². The number of carbonyl (C=O) groups is 1. The number of ether oxygens (including phenoxy) is 3. The third-order valence-corrected chi connectivity index (χ3v) is 6.33. The van der Waals surface area contributed by atoms with Crippen molar-refractivity contribution in [1.29, 1.82) is 0 Å². The van der Waals surface area contributed by atoms with Crippen LogP contribution in [0.4, 0.5) is 0 Å². The second kappa shape index (κ2) is 13.3. The van der Waals surface area contributed by atoms with E-state index in [1.807, 2.05) is 59.2 Å². The standard InChI is InChI=1S/C31H34N2O5/c1-36-26-20-19-25(22-27(26)37-2)33-30(24-16-10-7-11-17-24)29(23-14-8-6-9-15-23)32-31(33)38-21-13-5-3-4-12-18-28(34)35/h6-11,14-17,19-20,22H,3-5,12-13,18,21H2,1-2H3,(H,34,35). The van der Waals surface area contributed by atoms with E-state index in [0.717, 1.165) is 53.9 Å². The van der Waals surface area contributed by atoms with Crippen LogP contribution in [0, 0.1) is 0 Å². The van der Waals surface area contributed by atoms with Crippen molar-refractivity contribution < 1.29 is 24.1 Å². The van der Waals surface area contributed by atoms with E-state index in [4.69, 9.17) is 24.3 Å². The van der Waals surface area contributed by atoms with E-state index in [1.54, 1.807) is 14.2 Å². The molecular formula is C31H34N2O5. The van der Waals surface area contributed by atoms with Gasteiger partial charge in [0.15, 0.2) is 11.5 Å². The molecule has 0 saturated heterocycles. The van der Waals surface area contributed by atoms with Gasteiger partial charge < -0.3 is 19.3 Å². The molecule has 7 nitrogen and oxygen atoms in total. The van der Waals surface area contributed by atoms with E-state index >= 15 is 0 Å². The van der Waals surface area contributed by atoms with Crippen LogP contribution in [0.25, 0.3) is 28.2 Å². The molecule has 4 aromatic rings. The zero-order valence-electron chi connectivity index (χ0n) is 21.9. The van der Waals surface area contributed by atoms with E-state index in [9.17, 15) is 4.79 Å². The molecule has 1 heterocycles. The summed E-state index contributed by atoms with van der Waals surface area (Å²) in [5, 5.41) is 8.81. The highest BCUT2D eigenvalue weighted by molar-refractivity contribution is 5.81. The second-order valence-corrected chi connectivity index (χ2v) is 8.96. The van der Waals surface area contributed by atoms with Crippen LogP contribution in [0.3, 0.4) is 0 Å². The lowest BCUT2D eigenvalue weighted by atomic mass is 10.0. The Bertz CT molecular complexity index is 1320. The van der Waals surface area contributed by atoms with Crippen molar-refractivity contribution in [1.82, 2.24) is 9.55 Å². The molecule has 4 rings (SSSR count). The summed E-state index contributed by atoms with van der Waals surface area (Å²) in [4.78, 5) is 15.7. The predicted molar refractivity (Wildman–Crippen MR) is 148 cm³/mol. The average Bonchev–Trinajstić information content (AvgIpc) is 3.34. The number of nitrogens with zero attached hydrogens (tertiary/aromatic N) is 2. The van der Waals surface area contributed by atoms with E-state index in [1.165, 1.54) is 0 Å². The summed E-state index contributed by atoms with van der Waals surface area (Å²) in [5.74, 6) is 0.524. The minimum atomic E-state index is -0.737. The third kappa shape index (κ3) is 6.54. The largest absolute Gasteiger partial charge is 0.493 e. The van der Waals surface area contributed by atoms with Crippen LogP contribution in [0.1, 0.15) is 38.5 Å². The molecule has 0 fully saturated rings. The monoisotopic (exact) mass is 514 g/mol. The normalized spacial score (nSPS) is 10.8. The molecule has 198 valence electrons. The summed E-state index contributed by atoms with van der Waals surface area (Å²) in [6.07, 6.45) is 4.64. The minimum Gasteiger partial charge on any atom is -0.493 e. The van der Waals surface area contributed by atoms with Gasteiger partial charge in [-0.2, -0.15) is 4.98 Å². The highest BCUT2D eigenvalue weighted by atomic mass is 16.5. The van der Waals surface area contributed by atoms with E-state index < -0.39 is 5.97 Å². The molecule has 1 N–H and O–H groups in total. The van der Waals surface area contributed by atoms with Gasteiger partial charge in [-0.1, -0.05) is 79.9 Å².